The zero-order valence-electron chi connectivity index (χ0n) is 16.7. The van der Waals surface area contributed by atoms with Crippen molar-refractivity contribution >= 4 is 40.0 Å². The van der Waals surface area contributed by atoms with E-state index in [-0.39, 0.29) is 11.9 Å². The van der Waals surface area contributed by atoms with Gasteiger partial charge in [-0.15, -0.1) is 0 Å². The Bertz CT molecular complexity index is 887. The van der Waals surface area contributed by atoms with Gasteiger partial charge in [0.15, 0.2) is 0 Å². The van der Waals surface area contributed by atoms with Gasteiger partial charge in [0, 0.05) is 6.54 Å². The summed E-state index contributed by atoms with van der Waals surface area (Å²) in [6.45, 7) is 7.15. The third kappa shape index (κ3) is 4.77. The molecule has 0 aliphatic carbocycles. The number of thiophene rings is 1. The second-order valence-corrected chi connectivity index (χ2v) is 8.28. The number of amides is 1. The minimum Gasteiger partial charge on any atom is -0.353 e. The van der Waals surface area contributed by atoms with Crippen LogP contribution in [0.4, 0.5) is 0 Å². The van der Waals surface area contributed by atoms with E-state index in [1.165, 1.54) is 5.56 Å². The Hall–Kier alpha value is -1.83. The second kappa shape index (κ2) is 10.1. The van der Waals surface area contributed by atoms with Gasteiger partial charge in [-0.2, -0.15) is 23.1 Å². The number of rotatable bonds is 10. The summed E-state index contributed by atoms with van der Waals surface area (Å²) in [5.41, 5.74) is 3.23. The van der Waals surface area contributed by atoms with Crippen molar-refractivity contribution in [3.63, 3.8) is 0 Å². The monoisotopic (exact) mass is 416 g/mol. The van der Waals surface area contributed by atoms with Crippen LogP contribution in [0.25, 0.3) is 11.0 Å². The fraction of sp³-hybridized carbons (Fsp3) is 0.429. The first-order valence-electron chi connectivity index (χ1n) is 9.63. The van der Waals surface area contributed by atoms with Crippen LogP contribution in [0.1, 0.15) is 31.3 Å². The fourth-order valence-electron chi connectivity index (χ4n) is 3.54. The Morgan fingerprint density at radius 2 is 2.07 bits per heavy atom. The van der Waals surface area contributed by atoms with E-state index >= 15 is 0 Å². The van der Waals surface area contributed by atoms with E-state index in [0.29, 0.717) is 13.1 Å². The highest BCUT2D eigenvalue weighted by Gasteiger charge is 2.20. The first kappa shape index (κ1) is 20.9. The summed E-state index contributed by atoms with van der Waals surface area (Å²) in [6.07, 6.45) is 2.05. The first-order chi connectivity index (χ1) is 13.7. The Morgan fingerprint density at radius 3 is 2.75 bits per heavy atom. The zero-order chi connectivity index (χ0) is 19.9. The van der Waals surface area contributed by atoms with Gasteiger partial charge in [-0.1, -0.05) is 26.0 Å². The molecule has 0 fully saturated rings. The van der Waals surface area contributed by atoms with Crippen molar-refractivity contribution < 1.29 is 4.79 Å². The molecule has 1 atom stereocenters. The van der Waals surface area contributed by atoms with Crippen LogP contribution >= 0.6 is 23.1 Å². The van der Waals surface area contributed by atoms with Crippen molar-refractivity contribution in [2.45, 2.75) is 32.2 Å². The van der Waals surface area contributed by atoms with Crippen molar-refractivity contribution in [1.29, 1.82) is 0 Å². The van der Waals surface area contributed by atoms with Crippen molar-refractivity contribution in [3.8, 4) is 0 Å². The van der Waals surface area contributed by atoms with Crippen LogP contribution in [0.15, 0.2) is 41.1 Å². The van der Waals surface area contributed by atoms with Crippen LogP contribution in [0.3, 0.4) is 0 Å². The number of hydrogen-bond acceptors (Lipinski definition) is 5. The van der Waals surface area contributed by atoms with Crippen LogP contribution in [-0.4, -0.2) is 46.2 Å². The summed E-state index contributed by atoms with van der Waals surface area (Å²) >= 11 is 3.42. The second-order valence-electron chi connectivity index (χ2n) is 6.63. The van der Waals surface area contributed by atoms with E-state index in [4.69, 9.17) is 4.98 Å². The van der Waals surface area contributed by atoms with Crippen LogP contribution in [0.5, 0.6) is 0 Å². The van der Waals surface area contributed by atoms with Crippen LogP contribution in [0, 0.1) is 0 Å². The smallest absolute Gasteiger partial charge is 0.240 e. The number of fused-ring (bicyclic) bond motifs is 1. The van der Waals surface area contributed by atoms with Gasteiger partial charge in [-0.05, 0) is 53.9 Å². The number of para-hydroxylation sites is 2. The third-order valence-electron chi connectivity index (χ3n) is 4.98. The lowest BCUT2D eigenvalue weighted by atomic mass is 10.1. The first-order valence-corrected chi connectivity index (χ1v) is 12.0. The molecule has 5 nitrogen and oxygen atoms in total. The van der Waals surface area contributed by atoms with E-state index in [2.05, 4.69) is 47.1 Å². The molecule has 0 aliphatic heterocycles. The van der Waals surface area contributed by atoms with Gasteiger partial charge >= 0.3 is 0 Å². The van der Waals surface area contributed by atoms with E-state index in [9.17, 15) is 4.79 Å². The van der Waals surface area contributed by atoms with Gasteiger partial charge in [-0.3, -0.25) is 9.69 Å². The molecule has 3 rings (SSSR count). The Balaban J connectivity index is 1.73. The summed E-state index contributed by atoms with van der Waals surface area (Å²) < 4.78 is 2.04. The average molecular weight is 417 g/mol. The molecule has 3 aromatic rings. The molecule has 0 spiro atoms. The van der Waals surface area contributed by atoms with E-state index in [1.807, 2.05) is 28.8 Å². The maximum Gasteiger partial charge on any atom is 0.240 e. The van der Waals surface area contributed by atoms with Gasteiger partial charge in [0.2, 0.25) is 5.91 Å². The SMILES string of the molecule is CCN(CC)C(CNC(=O)Cn1c(CSC)nc2ccccc21)c1ccsc1. The Labute approximate surface area is 175 Å². The van der Waals surface area contributed by atoms with E-state index in [0.717, 1.165) is 35.7 Å². The van der Waals surface area contributed by atoms with Gasteiger partial charge in [0.25, 0.3) is 0 Å². The molecule has 1 aromatic carbocycles. The molecule has 2 heterocycles. The van der Waals surface area contributed by atoms with E-state index in [1.54, 1.807) is 23.1 Å². The molecule has 0 saturated carbocycles. The summed E-state index contributed by atoms with van der Waals surface area (Å²) in [5, 5.41) is 7.43. The minimum absolute atomic E-state index is 0.0258. The molecule has 0 radical (unpaired) electrons. The number of thioether (sulfide) groups is 1. The summed E-state index contributed by atoms with van der Waals surface area (Å²) in [5.74, 6) is 1.76. The molecule has 1 N–H and O–H groups in total. The molecule has 150 valence electrons. The largest absolute Gasteiger partial charge is 0.353 e. The summed E-state index contributed by atoms with van der Waals surface area (Å²) in [7, 11) is 0. The van der Waals surface area contributed by atoms with Gasteiger partial charge in [-0.25, -0.2) is 4.98 Å². The lowest BCUT2D eigenvalue weighted by Crippen LogP contribution is -2.39. The molecule has 0 aliphatic rings. The minimum atomic E-state index is 0.0258. The maximum absolute atomic E-state index is 12.8. The standard InChI is InChI=1S/C21H28N4OS2/c1-4-24(5-2)19(16-10-11-28-14-16)12-22-21(26)13-25-18-9-7-6-8-17(18)23-20(25)15-27-3/h6-11,14,19H,4-5,12-13,15H2,1-3H3,(H,22,26). The zero-order valence-corrected chi connectivity index (χ0v) is 18.4. The number of nitrogens with one attached hydrogen (secondary N) is 1. The Morgan fingerprint density at radius 1 is 1.29 bits per heavy atom. The molecule has 0 bridgehead atoms. The van der Waals surface area contributed by atoms with Crippen LogP contribution < -0.4 is 5.32 Å². The molecule has 1 amide bonds. The number of benzene rings is 1. The van der Waals surface area contributed by atoms with Crippen molar-refractivity contribution in [1.82, 2.24) is 19.8 Å². The number of hydrogen-bond donors (Lipinski definition) is 1. The molecular formula is C21H28N4OS2. The number of aromatic nitrogens is 2. The number of imidazole rings is 1. The third-order valence-corrected chi connectivity index (χ3v) is 6.23. The molecule has 2 aromatic heterocycles. The predicted octanol–water partition coefficient (Wildman–Crippen LogP) is 4.16. The van der Waals surface area contributed by atoms with Gasteiger partial charge in [0.1, 0.15) is 12.4 Å². The number of nitrogens with zero attached hydrogens (tertiary/aromatic N) is 3. The van der Waals surface area contributed by atoms with Gasteiger partial charge in [0.05, 0.1) is 22.8 Å². The summed E-state index contributed by atoms with van der Waals surface area (Å²) in [4.78, 5) is 19.9. The molecule has 0 saturated heterocycles. The van der Waals surface area contributed by atoms with Gasteiger partial charge < -0.3 is 9.88 Å². The highest BCUT2D eigenvalue weighted by atomic mass is 32.2. The molecule has 7 heteroatoms. The molecular weight excluding hydrogens is 388 g/mol. The van der Waals surface area contributed by atoms with Crippen molar-refractivity contribution in [2.75, 3.05) is 25.9 Å². The number of carbonyl (C=O) groups is 1. The molecule has 28 heavy (non-hydrogen) atoms. The van der Waals surface area contributed by atoms with Crippen LogP contribution in [-0.2, 0) is 17.1 Å². The van der Waals surface area contributed by atoms with Crippen molar-refractivity contribution in [2.24, 2.45) is 0 Å². The fourth-order valence-corrected chi connectivity index (χ4v) is 4.72. The average Bonchev–Trinajstić information content (AvgIpc) is 3.34. The highest BCUT2D eigenvalue weighted by molar-refractivity contribution is 7.97. The highest BCUT2D eigenvalue weighted by Crippen LogP contribution is 2.22. The van der Waals surface area contributed by atoms with Crippen LogP contribution in [0.2, 0.25) is 0 Å². The lowest BCUT2D eigenvalue weighted by Gasteiger charge is -2.29. The lowest BCUT2D eigenvalue weighted by molar-refractivity contribution is -0.121. The Kier molecular flexibility index (Phi) is 7.53. The maximum atomic E-state index is 12.8. The number of likely N-dealkylation sites (N-methyl/N-ethyl adjacent to an activating group) is 1. The van der Waals surface area contributed by atoms with E-state index < -0.39 is 0 Å². The normalized spacial score (nSPS) is 12.6. The quantitative estimate of drug-likeness (QED) is 0.539. The predicted molar refractivity (Wildman–Crippen MR) is 120 cm³/mol. The summed E-state index contributed by atoms with van der Waals surface area (Å²) in [6, 6.07) is 10.4. The number of carbonyl (C=O) groups excluding carboxylic acids is 1. The molecule has 1 unspecified atom stereocenters. The topological polar surface area (TPSA) is 50.2 Å². The van der Waals surface area contributed by atoms with Crippen molar-refractivity contribution in [3.05, 3.63) is 52.5 Å².